The van der Waals surface area contributed by atoms with E-state index in [-0.39, 0.29) is 18.0 Å². The molecule has 22 heavy (non-hydrogen) atoms. The number of carbonyl (C=O) groups is 1. The Labute approximate surface area is 124 Å². The van der Waals surface area contributed by atoms with Crippen LogP contribution in [-0.4, -0.2) is 19.1 Å². The number of nitrogens with one attached hydrogen (secondary N) is 2. The molecule has 0 unspecified atom stereocenters. The molecule has 0 spiro atoms. The third-order valence-corrected chi connectivity index (χ3v) is 2.68. The molecule has 0 radical (unpaired) electrons. The maximum Gasteiger partial charge on any atom is 0.387 e. The molecule has 1 amide bonds. The van der Waals surface area contributed by atoms with Crippen LogP contribution in [0.1, 0.15) is 0 Å². The van der Waals surface area contributed by atoms with Gasteiger partial charge in [-0.15, -0.1) is 0 Å². The SMILES string of the molecule is O=C(CNc1ccccc1F)Nc1ccc(OC(F)F)cc1. The van der Waals surface area contributed by atoms with Gasteiger partial charge >= 0.3 is 6.61 Å². The second kappa shape index (κ2) is 7.35. The van der Waals surface area contributed by atoms with Gasteiger partial charge in [-0.25, -0.2) is 4.39 Å². The average molecular weight is 310 g/mol. The van der Waals surface area contributed by atoms with Crippen molar-refractivity contribution in [2.24, 2.45) is 0 Å². The fraction of sp³-hybridized carbons (Fsp3) is 0.133. The molecule has 0 aliphatic heterocycles. The van der Waals surface area contributed by atoms with Crippen molar-refractivity contribution in [2.45, 2.75) is 6.61 Å². The van der Waals surface area contributed by atoms with Crippen LogP contribution in [0.5, 0.6) is 5.75 Å². The van der Waals surface area contributed by atoms with Crippen molar-refractivity contribution >= 4 is 17.3 Å². The minimum absolute atomic E-state index is 0.00233. The molecule has 0 saturated heterocycles. The van der Waals surface area contributed by atoms with Gasteiger partial charge in [0.2, 0.25) is 5.91 Å². The Morgan fingerprint density at radius 3 is 2.41 bits per heavy atom. The molecule has 0 fully saturated rings. The molecule has 2 aromatic carbocycles. The molecule has 2 rings (SSSR count). The summed E-state index contributed by atoms with van der Waals surface area (Å²) >= 11 is 0. The molecular formula is C15H13F3N2O2. The van der Waals surface area contributed by atoms with Gasteiger partial charge in [0.15, 0.2) is 0 Å². The van der Waals surface area contributed by atoms with Gasteiger partial charge < -0.3 is 15.4 Å². The summed E-state index contributed by atoms with van der Waals surface area (Å²) in [4.78, 5) is 11.7. The molecule has 0 saturated carbocycles. The Morgan fingerprint density at radius 2 is 1.77 bits per heavy atom. The second-order valence-electron chi connectivity index (χ2n) is 4.28. The van der Waals surface area contributed by atoms with E-state index in [4.69, 9.17) is 0 Å². The number of para-hydroxylation sites is 1. The topological polar surface area (TPSA) is 50.4 Å². The number of halogens is 3. The number of rotatable bonds is 6. The van der Waals surface area contributed by atoms with Crippen molar-refractivity contribution in [3.05, 3.63) is 54.3 Å². The second-order valence-corrected chi connectivity index (χ2v) is 4.28. The van der Waals surface area contributed by atoms with Gasteiger partial charge in [-0.1, -0.05) is 12.1 Å². The van der Waals surface area contributed by atoms with E-state index in [1.807, 2.05) is 0 Å². The first-order valence-corrected chi connectivity index (χ1v) is 6.38. The van der Waals surface area contributed by atoms with Crippen LogP contribution in [0.3, 0.4) is 0 Å². The first kappa shape index (κ1) is 15.7. The molecule has 7 heteroatoms. The van der Waals surface area contributed by atoms with Crippen LogP contribution in [-0.2, 0) is 4.79 Å². The van der Waals surface area contributed by atoms with E-state index in [2.05, 4.69) is 15.4 Å². The van der Waals surface area contributed by atoms with Crippen molar-refractivity contribution in [2.75, 3.05) is 17.2 Å². The third-order valence-electron chi connectivity index (χ3n) is 2.68. The number of ether oxygens (including phenoxy) is 1. The van der Waals surface area contributed by atoms with Crippen LogP contribution >= 0.6 is 0 Å². The highest BCUT2D eigenvalue weighted by molar-refractivity contribution is 5.93. The quantitative estimate of drug-likeness (QED) is 0.859. The van der Waals surface area contributed by atoms with Crippen molar-refractivity contribution < 1.29 is 22.7 Å². The summed E-state index contributed by atoms with van der Waals surface area (Å²) in [5, 5.41) is 5.20. The predicted molar refractivity (Wildman–Crippen MR) is 76.6 cm³/mol. The Bertz CT molecular complexity index is 633. The molecular weight excluding hydrogens is 297 g/mol. The summed E-state index contributed by atoms with van der Waals surface area (Å²) in [5.41, 5.74) is 0.639. The highest BCUT2D eigenvalue weighted by atomic mass is 19.3. The Morgan fingerprint density at radius 1 is 1.09 bits per heavy atom. The lowest BCUT2D eigenvalue weighted by molar-refractivity contribution is -0.114. The molecule has 0 atom stereocenters. The lowest BCUT2D eigenvalue weighted by Gasteiger charge is -2.09. The number of amides is 1. The molecule has 4 nitrogen and oxygen atoms in total. The minimum atomic E-state index is -2.90. The van der Waals surface area contributed by atoms with E-state index >= 15 is 0 Å². The summed E-state index contributed by atoms with van der Waals surface area (Å²) < 4.78 is 41.5. The van der Waals surface area contributed by atoms with Gasteiger partial charge in [-0.3, -0.25) is 4.79 Å². The van der Waals surface area contributed by atoms with Crippen molar-refractivity contribution in [3.8, 4) is 5.75 Å². The van der Waals surface area contributed by atoms with Crippen molar-refractivity contribution in [3.63, 3.8) is 0 Å². The van der Waals surface area contributed by atoms with E-state index in [1.165, 1.54) is 36.4 Å². The van der Waals surface area contributed by atoms with E-state index in [0.717, 1.165) is 0 Å². The van der Waals surface area contributed by atoms with Crippen LogP contribution in [0.25, 0.3) is 0 Å². The Hall–Kier alpha value is -2.70. The average Bonchev–Trinajstić information content (AvgIpc) is 2.48. The fourth-order valence-electron chi connectivity index (χ4n) is 1.70. The molecule has 116 valence electrons. The molecule has 2 N–H and O–H groups in total. The van der Waals surface area contributed by atoms with E-state index in [1.54, 1.807) is 12.1 Å². The van der Waals surface area contributed by atoms with Crippen LogP contribution in [0.15, 0.2) is 48.5 Å². The molecule has 0 aromatic heterocycles. The number of carbonyl (C=O) groups excluding carboxylic acids is 1. The molecule has 0 bridgehead atoms. The number of anilines is 2. The summed E-state index contributed by atoms with van der Waals surface area (Å²) in [7, 11) is 0. The zero-order valence-corrected chi connectivity index (χ0v) is 11.4. The van der Waals surface area contributed by atoms with Gasteiger partial charge in [0.25, 0.3) is 0 Å². The zero-order chi connectivity index (χ0) is 15.9. The highest BCUT2D eigenvalue weighted by Crippen LogP contribution is 2.17. The van der Waals surface area contributed by atoms with Gasteiger partial charge in [0.1, 0.15) is 11.6 Å². The monoisotopic (exact) mass is 310 g/mol. The number of hydrogen-bond acceptors (Lipinski definition) is 3. The smallest absolute Gasteiger partial charge is 0.387 e. The lowest BCUT2D eigenvalue weighted by atomic mass is 10.3. The standard InChI is InChI=1S/C15H13F3N2O2/c16-12-3-1-2-4-13(12)19-9-14(21)20-10-5-7-11(8-6-10)22-15(17)18/h1-8,15,19H,9H2,(H,20,21). The Balaban J connectivity index is 1.85. The number of alkyl halides is 2. The van der Waals surface area contributed by atoms with E-state index < -0.39 is 18.3 Å². The first-order chi connectivity index (χ1) is 10.5. The highest BCUT2D eigenvalue weighted by Gasteiger charge is 2.06. The predicted octanol–water partition coefficient (Wildman–Crippen LogP) is 3.48. The van der Waals surface area contributed by atoms with Crippen LogP contribution in [0.2, 0.25) is 0 Å². The maximum atomic E-state index is 13.3. The summed E-state index contributed by atoms with van der Waals surface area (Å²) in [6.45, 7) is -3.03. The lowest BCUT2D eigenvalue weighted by Crippen LogP contribution is -2.22. The Kier molecular flexibility index (Phi) is 5.24. The summed E-state index contributed by atoms with van der Waals surface area (Å²) in [6, 6.07) is 11.5. The number of benzene rings is 2. The largest absolute Gasteiger partial charge is 0.435 e. The fourth-order valence-corrected chi connectivity index (χ4v) is 1.70. The third kappa shape index (κ3) is 4.69. The molecule has 0 heterocycles. The van der Waals surface area contributed by atoms with Gasteiger partial charge in [0.05, 0.1) is 12.2 Å². The zero-order valence-electron chi connectivity index (χ0n) is 11.4. The van der Waals surface area contributed by atoms with Gasteiger partial charge in [0, 0.05) is 5.69 Å². The van der Waals surface area contributed by atoms with Crippen LogP contribution in [0, 0.1) is 5.82 Å². The van der Waals surface area contributed by atoms with E-state index in [9.17, 15) is 18.0 Å². The minimum Gasteiger partial charge on any atom is -0.435 e. The van der Waals surface area contributed by atoms with Crippen molar-refractivity contribution in [1.29, 1.82) is 0 Å². The van der Waals surface area contributed by atoms with E-state index in [0.29, 0.717) is 5.69 Å². The van der Waals surface area contributed by atoms with Gasteiger partial charge in [-0.05, 0) is 36.4 Å². The molecule has 0 aliphatic carbocycles. The number of hydrogen-bond donors (Lipinski definition) is 2. The molecule has 2 aromatic rings. The normalized spacial score (nSPS) is 10.4. The van der Waals surface area contributed by atoms with Crippen molar-refractivity contribution in [1.82, 2.24) is 0 Å². The maximum absolute atomic E-state index is 13.3. The van der Waals surface area contributed by atoms with Crippen LogP contribution < -0.4 is 15.4 Å². The summed E-state index contributed by atoms with van der Waals surface area (Å²) in [6.07, 6.45) is 0. The first-order valence-electron chi connectivity index (χ1n) is 6.38. The van der Waals surface area contributed by atoms with Crippen LogP contribution in [0.4, 0.5) is 24.5 Å². The van der Waals surface area contributed by atoms with Gasteiger partial charge in [-0.2, -0.15) is 8.78 Å². The molecule has 0 aliphatic rings. The summed E-state index contributed by atoms with van der Waals surface area (Å²) in [5.74, 6) is -0.855.